The van der Waals surface area contributed by atoms with Crippen LogP contribution in [-0.4, -0.2) is 49.0 Å². The Morgan fingerprint density at radius 2 is 1.89 bits per heavy atom. The van der Waals surface area contributed by atoms with Crippen LogP contribution in [0.25, 0.3) is 0 Å². The van der Waals surface area contributed by atoms with E-state index in [2.05, 4.69) is 39.5 Å². The van der Waals surface area contributed by atoms with Crippen molar-refractivity contribution in [3.8, 4) is 0 Å². The molecule has 2 fully saturated rings. The molecular formula is C16H31NO2. The van der Waals surface area contributed by atoms with Crippen LogP contribution in [0.4, 0.5) is 0 Å². The first-order valence-corrected chi connectivity index (χ1v) is 7.99. The first-order chi connectivity index (χ1) is 8.97. The average molecular weight is 269 g/mol. The van der Waals surface area contributed by atoms with Crippen LogP contribution in [0.15, 0.2) is 0 Å². The summed E-state index contributed by atoms with van der Waals surface area (Å²) in [6.07, 6.45) is 3.20. The lowest BCUT2D eigenvalue weighted by Crippen LogP contribution is -2.38. The average Bonchev–Trinajstić information content (AvgIpc) is 2.63. The third kappa shape index (κ3) is 3.32. The lowest BCUT2D eigenvalue weighted by molar-refractivity contribution is -0.0663. The van der Waals surface area contributed by atoms with E-state index in [4.69, 9.17) is 9.47 Å². The highest BCUT2D eigenvalue weighted by atomic mass is 16.5. The van der Waals surface area contributed by atoms with Gasteiger partial charge in [-0.05, 0) is 45.7 Å². The Kier molecular flexibility index (Phi) is 4.91. The Morgan fingerprint density at radius 3 is 2.53 bits per heavy atom. The maximum absolute atomic E-state index is 6.19. The molecule has 0 aromatic rings. The van der Waals surface area contributed by atoms with Gasteiger partial charge in [0.15, 0.2) is 0 Å². The number of ether oxygens (including phenoxy) is 2. The molecule has 1 aliphatic heterocycles. The van der Waals surface area contributed by atoms with E-state index >= 15 is 0 Å². The quantitative estimate of drug-likeness (QED) is 0.740. The Bertz CT molecular complexity index is 288. The van der Waals surface area contributed by atoms with Gasteiger partial charge in [0.1, 0.15) is 0 Å². The van der Waals surface area contributed by atoms with Gasteiger partial charge in [0.25, 0.3) is 0 Å². The van der Waals surface area contributed by atoms with Gasteiger partial charge in [0.05, 0.1) is 24.4 Å². The molecule has 4 atom stereocenters. The second-order valence-electron chi connectivity index (χ2n) is 6.72. The zero-order valence-electron chi connectivity index (χ0n) is 13.3. The van der Waals surface area contributed by atoms with E-state index in [9.17, 15) is 0 Å². The largest absolute Gasteiger partial charge is 0.377 e. The Labute approximate surface area is 118 Å². The van der Waals surface area contributed by atoms with Gasteiger partial charge in [-0.15, -0.1) is 0 Å². The summed E-state index contributed by atoms with van der Waals surface area (Å²) in [7, 11) is 0. The molecule has 0 aromatic heterocycles. The van der Waals surface area contributed by atoms with Gasteiger partial charge in [-0.25, -0.2) is 0 Å². The van der Waals surface area contributed by atoms with Crippen molar-refractivity contribution in [3.63, 3.8) is 0 Å². The van der Waals surface area contributed by atoms with Crippen molar-refractivity contribution in [2.75, 3.05) is 26.2 Å². The summed E-state index contributed by atoms with van der Waals surface area (Å²) < 4.78 is 12.4. The van der Waals surface area contributed by atoms with Crippen molar-refractivity contribution in [3.05, 3.63) is 0 Å². The molecule has 112 valence electrons. The first-order valence-electron chi connectivity index (χ1n) is 7.99. The smallest absolute Gasteiger partial charge is 0.0660 e. The zero-order valence-corrected chi connectivity index (χ0v) is 13.3. The van der Waals surface area contributed by atoms with Gasteiger partial charge in [0, 0.05) is 12.5 Å². The number of likely N-dealkylation sites (N-methyl/N-ethyl adjacent to an activating group) is 1. The Balaban J connectivity index is 1.82. The van der Waals surface area contributed by atoms with E-state index in [1.165, 1.54) is 12.8 Å². The molecule has 1 aliphatic carbocycles. The van der Waals surface area contributed by atoms with Crippen molar-refractivity contribution >= 4 is 0 Å². The highest BCUT2D eigenvalue weighted by molar-refractivity contribution is 4.99. The fraction of sp³-hybridized carbons (Fsp3) is 1.00. The summed E-state index contributed by atoms with van der Waals surface area (Å²) in [6, 6.07) is 0. The lowest BCUT2D eigenvalue weighted by atomic mass is 9.76. The van der Waals surface area contributed by atoms with Gasteiger partial charge >= 0.3 is 0 Å². The molecule has 3 nitrogen and oxygen atoms in total. The van der Waals surface area contributed by atoms with Crippen molar-refractivity contribution in [1.29, 1.82) is 0 Å². The van der Waals surface area contributed by atoms with E-state index < -0.39 is 0 Å². The molecule has 3 heteroatoms. The van der Waals surface area contributed by atoms with E-state index in [1.54, 1.807) is 0 Å². The molecule has 0 aromatic carbocycles. The van der Waals surface area contributed by atoms with Crippen LogP contribution in [-0.2, 0) is 9.47 Å². The first kappa shape index (κ1) is 15.3. The topological polar surface area (TPSA) is 21.7 Å². The van der Waals surface area contributed by atoms with Gasteiger partial charge in [-0.3, -0.25) is 0 Å². The van der Waals surface area contributed by atoms with Crippen molar-refractivity contribution in [2.24, 2.45) is 11.8 Å². The van der Waals surface area contributed by atoms with E-state index in [1.807, 2.05) is 0 Å². The maximum Gasteiger partial charge on any atom is 0.0660 e. The van der Waals surface area contributed by atoms with Gasteiger partial charge in [-0.1, -0.05) is 20.8 Å². The number of hydrogen-bond acceptors (Lipinski definition) is 3. The van der Waals surface area contributed by atoms with E-state index in [-0.39, 0.29) is 5.60 Å². The van der Waals surface area contributed by atoms with Crippen LogP contribution < -0.4 is 0 Å². The molecule has 1 saturated carbocycles. The molecule has 0 unspecified atom stereocenters. The fourth-order valence-electron chi connectivity index (χ4n) is 3.63. The molecule has 1 heterocycles. The van der Waals surface area contributed by atoms with Crippen LogP contribution in [0.5, 0.6) is 0 Å². The van der Waals surface area contributed by atoms with Crippen LogP contribution in [0.1, 0.15) is 47.5 Å². The SMILES string of the molecule is CCN(CC)CCO[C@@H]1C[C@@H]2C[C@@H](OC2(C)C)[C@@H]1C. The van der Waals surface area contributed by atoms with Gasteiger partial charge in [0.2, 0.25) is 0 Å². The predicted octanol–water partition coefficient (Wildman–Crippen LogP) is 2.94. The highest BCUT2D eigenvalue weighted by Crippen LogP contribution is 2.47. The summed E-state index contributed by atoms with van der Waals surface area (Å²) in [5.74, 6) is 1.21. The minimum Gasteiger partial charge on any atom is -0.377 e. The van der Waals surface area contributed by atoms with Crippen LogP contribution in [0.2, 0.25) is 0 Å². The minimum absolute atomic E-state index is 0.0515. The maximum atomic E-state index is 6.19. The van der Waals surface area contributed by atoms with Gasteiger partial charge in [-0.2, -0.15) is 0 Å². The van der Waals surface area contributed by atoms with Crippen LogP contribution in [0.3, 0.4) is 0 Å². The summed E-state index contributed by atoms with van der Waals surface area (Å²) >= 11 is 0. The van der Waals surface area contributed by atoms with Gasteiger partial charge < -0.3 is 14.4 Å². The van der Waals surface area contributed by atoms with Crippen LogP contribution >= 0.6 is 0 Å². The zero-order chi connectivity index (χ0) is 14.0. The third-order valence-corrected chi connectivity index (χ3v) is 5.28. The molecule has 2 rings (SSSR count). The molecule has 1 saturated heterocycles. The molecule has 0 N–H and O–H groups in total. The highest BCUT2D eigenvalue weighted by Gasteiger charge is 2.50. The standard InChI is InChI=1S/C16H31NO2/c1-6-17(7-2)8-9-18-14-10-13-11-15(12(14)3)19-16(13,4)5/h12-15H,6-11H2,1-5H3/t12-,13-,14-,15-/m1/s1. The Hall–Kier alpha value is -0.120. The summed E-state index contributed by atoms with van der Waals surface area (Å²) in [5, 5.41) is 0. The minimum atomic E-state index is 0.0515. The molecule has 0 radical (unpaired) electrons. The summed E-state index contributed by atoms with van der Waals surface area (Å²) in [6.45, 7) is 15.3. The van der Waals surface area contributed by atoms with E-state index in [0.29, 0.717) is 24.0 Å². The molecule has 2 bridgehead atoms. The Morgan fingerprint density at radius 1 is 1.21 bits per heavy atom. The number of nitrogens with zero attached hydrogens (tertiary/aromatic N) is 1. The fourth-order valence-corrected chi connectivity index (χ4v) is 3.63. The number of hydrogen-bond donors (Lipinski definition) is 0. The van der Waals surface area contributed by atoms with Crippen molar-refractivity contribution in [2.45, 2.75) is 65.3 Å². The molecule has 0 spiro atoms. The summed E-state index contributed by atoms with van der Waals surface area (Å²) in [4.78, 5) is 2.42. The number of rotatable bonds is 6. The van der Waals surface area contributed by atoms with E-state index in [0.717, 1.165) is 26.2 Å². The third-order valence-electron chi connectivity index (χ3n) is 5.28. The number of fused-ring (bicyclic) bond motifs is 2. The van der Waals surface area contributed by atoms with Crippen LogP contribution in [0, 0.1) is 11.8 Å². The molecule has 2 aliphatic rings. The second-order valence-corrected chi connectivity index (χ2v) is 6.72. The lowest BCUT2D eigenvalue weighted by Gasteiger charge is -2.34. The predicted molar refractivity (Wildman–Crippen MR) is 78.4 cm³/mol. The normalized spacial score (nSPS) is 36.9. The summed E-state index contributed by atoms with van der Waals surface area (Å²) in [5.41, 5.74) is 0.0515. The second kappa shape index (κ2) is 6.11. The van der Waals surface area contributed by atoms with Crippen molar-refractivity contribution in [1.82, 2.24) is 4.90 Å². The molecular weight excluding hydrogens is 238 g/mol. The molecule has 19 heavy (non-hydrogen) atoms. The molecule has 0 amide bonds. The monoisotopic (exact) mass is 269 g/mol. The van der Waals surface area contributed by atoms with Crippen molar-refractivity contribution < 1.29 is 9.47 Å².